The number of anilines is 6. The summed E-state index contributed by atoms with van der Waals surface area (Å²) in [5, 5.41) is 11.1. The molecule has 1 aliphatic rings. The third-order valence-corrected chi connectivity index (χ3v) is 15.3. The van der Waals surface area contributed by atoms with Crippen LogP contribution in [-0.2, 0) is 0 Å². The van der Waals surface area contributed by atoms with Gasteiger partial charge in [0.05, 0.1) is 11.0 Å². The molecule has 0 aliphatic carbocycles. The molecule has 13 rings (SSSR count). The number of rotatable bonds is 8. The molecule has 0 bridgehead atoms. The van der Waals surface area contributed by atoms with Gasteiger partial charge in [0, 0.05) is 95.1 Å². The van der Waals surface area contributed by atoms with Crippen LogP contribution in [0.5, 0.6) is 0 Å². The number of fused-ring (bicyclic) bond motifs is 12. The molecule has 4 nitrogen and oxygen atoms in total. The highest BCUT2D eigenvalue weighted by atomic mass is 32.1. The average molecular weight is 999 g/mol. The highest BCUT2D eigenvalue weighted by Crippen LogP contribution is 2.50. The second kappa shape index (κ2) is 22.0. The fourth-order valence-electron chi connectivity index (χ4n) is 10.4. The molecule has 0 fully saturated rings. The quantitative estimate of drug-likeness (QED) is 0.164. The number of hydrogen-bond donors (Lipinski definition) is 1. The van der Waals surface area contributed by atoms with Crippen molar-refractivity contribution in [2.45, 2.75) is 13.8 Å². The summed E-state index contributed by atoms with van der Waals surface area (Å²) in [6, 6.07) is 78.5. The first-order valence-electron chi connectivity index (χ1n) is 26.0. The lowest BCUT2D eigenvalue weighted by molar-refractivity contribution is 1.18. The van der Waals surface area contributed by atoms with E-state index in [-0.39, 0.29) is 0 Å². The first kappa shape index (κ1) is 48.8. The Kier molecular flexibility index (Phi) is 14.1. The van der Waals surface area contributed by atoms with Crippen LogP contribution in [0.4, 0.5) is 34.1 Å². The van der Waals surface area contributed by atoms with E-state index in [0.29, 0.717) is 0 Å². The molecule has 1 aliphatic heterocycles. The molecule has 0 amide bonds. The van der Waals surface area contributed by atoms with Crippen molar-refractivity contribution in [3.63, 3.8) is 0 Å². The van der Waals surface area contributed by atoms with Gasteiger partial charge in [-0.25, -0.2) is 0 Å². The number of aromatic nitrogens is 1. The Morgan fingerprint density at radius 1 is 0.474 bits per heavy atom. The maximum atomic E-state index is 3.69. The lowest BCUT2D eigenvalue weighted by Gasteiger charge is -2.27. The van der Waals surface area contributed by atoms with E-state index in [4.69, 9.17) is 0 Å². The minimum Gasteiger partial charge on any atom is -0.361 e. The molecule has 5 heteroatoms. The minimum atomic E-state index is 1.04. The fourth-order valence-corrected chi connectivity index (χ4v) is 11.8. The molecular weight excluding hydrogens is 941 g/mol. The van der Waals surface area contributed by atoms with Gasteiger partial charge in [-0.15, -0.1) is 11.3 Å². The molecule has 76 heavy (non-hydrogen) atoms. The zero-order valence-corrected chi connectivity index (χ0v) is 43.9. The molecular formula is C71H58N4S. The van der Waals surface area contributed by atoms with Gasteiger partial charge in [0.2, 0.25) is 0 Å². The largest absolute Gasteiger partial charge is 0.361 e. The summed E-state index contributed by atoms with van der Waals surface area (Å²) in [6.07, 6.45) is 16.3. The molecule has 368 valence electrons. The monoisotopic (exact) mass is 998 g/mol. The van der Waals surface area contributed by atoms with Gasteiger partial charge in [0.15, 0.2) is 0 Å². The molecule has 0 saturated heterocycles. The Morgan fingerprint density at radius 2 is 1.07 bits per heavy atom. The van der Waals surface area contributed by atoms with Crippen molar-refractivity contribution in [2.24, 2.45) is 0 Å². The molecule has 3 heterocycles. The minimum absolute atomic E-state index is 1.04. The summed E-state index contributed by atoms with van der Waals surface area (Å²) in [7, 11) is 2.16. The number of allylic oxidation sites excluding steroid dienone is 4. The summed E-state index contributed by atoms with van der Waals surface area (Å²) in [4.78, 5) is 4.66. The van der Waals surface area contributed by atoms with Gasteiger partial charge in [-0.05, 0) is 125 Å². The molecule has 0 spiro atoms. The van der Waals surface area contributed by atoms with Crippen LogP contribution in [0, 0.1) is 0 Å². The van der Waals surface area contributed by atoms with Crippen molar-refractivity contribution < 1.29 is 0 Å². The summed E-state index contributed by atoms with van der Waals surface area (Å²) in [5.74, 6) is 0. The standard InChI is InChI=1S/C59H42N4S.C10H10.C2H6/c1-61(43-20-8-4-9-21-43)46-30-34-54-52(38-46)57-55(63(54)45-24-12-6-13-25-45)35-32-50-49-31-27-41-18-7-2-3-16-36-60-53-33-29-48(39-51(53)56(41)58(49)64-59(50)57)62(44-22-10-5-11-23-44)47-28-26-40-17-14-15-19-42(40)37-47;1-3-9-7-5-6-8-10(9)4-2;1-2/h2-39,60H,1H3;3-8H,1-2H2;1-2H3/b3-2-,18-7-,36-16+;;. The van der Waals surface area contributed by atoms with Gasteiger partial charge in [-0.2, -0.15) is 0 Å². The summed E-state index contributed by atoms with van der Waals surface area (Å²) >= 11 is 1.91. The first-order chi connectivity index (χ1) is 37.6. The van der Waals surface area contributed by atoms with Gasteiger partial charge in [-0.3, -0.25) is 0 Å². The molecule has 0 atom stereocenters. The average Bonchev–Trinajstić information content (AvgIpc) is 4.18. The zero-order chi connectivity index (χ0) is 52.0. The Morgan fingerprint density at radius 3 is 1.80 bits per heavy atom. The maximum absolute atomic E-state index is 3.69. The van der Waals surface area contributed by atoms with E-state index >= 15 is 0 Å². The van der Waals surface area contributed by atoms with Gasteiger partial charge < -0.3 is 19.7 Å². The molecule has 0 unspecified atom stereocenters. The molecule has 0 saturated carbocycles. The normalized spacial score (nSPS) is 12.9. The predicted molar refractivity (Wildman–Crippen MR) is 335 cm³/mol. The SMILES string of the molecule is C=Cc1ccccc1C=C.CC.CN(c1ccccc1)c1ccc2c(c1)c1c3sc4c5c(ccc4c3ccc1n2-c1ccccc1)\C=C/C=C\C=C\Nc1ccc(N(c2ccccc2)c2ccc3ccccc3c2)cc1-5. The summed E-state index contributed by atoms with van der Waals surface area (Å²) < 4.78 is 4.97. The Hall–Kier alpha value is -9.42. The second-order valence-electron chi connectivity index (χ2n) is 18.3. The van der Waals surface area contributed by atoms with Crippen LogP contribution in [0.2, 0.25) is 0 Å². The topological polar surface area (TPSA) is 23.4 Å². The van der Waals surface area contributed by atoms with Crippen LogP contribution in [0.25, 0.3) is 87.8 Å². The van der Waals surface area contributed by atoms with E-state index in [1.807, 2.05) is 67.8 Å². The molecule has 0 radical (unpaired) electrons. The first-order valence-corrected chi connectivity index (χ1v) is 26.8. The van der Waals surface area contributed by atoms with E-state index in [0.717, 1.165) is 62.1 Å². The number of para-hydroxylation sites is 3. The number of nitrogens with one attached hydrogen (secondary N) is 1. The Bertz CT molecular complexity index is 4130. The highest BCUT2D eigenvalue weighted by Gasteiger charge is 2.23. The summed E-state index contributed by atoms with van der Waals surface area (Å²) in [5.41, 5.74) is 15.9. The van der Waals surface area contributed by atoms with Gasteiger partial charge in [0.1, 0.15) is 0 Å². The van der Waals surface area contributed by atoms with Crippen molar-refractivity contribution in [1.29, 1.82) is 0 Å². The lowest BCUT2D eigenvalue weighted by Crippen LogP contribution is -2.10. The van der Waals surface area contributed by atoms with E-state index < -0.39 is 0 Å². The van der Waals surface area contributed by atoms with Crippen molar-refractivity contribution in [1.82, 2.24) is 4.57 Å². The van der Waals surface area contributed by atoms with Crippen LogP contribution < -0.4 is 15.1 Å². The number of benzene rings is 10. The number of hydrogen-bond acceptors (Lipinski definition) is 4. The Labute approximate surface area is 450 Å². The van der Waals surface area contributed by atoms with E-state index in [2.05, 4.69) is 264 Å². The van der Waals surface area contributed by atoms with Crippen LogP contribution in [0.15, 0.2) is 262 Å². The van der Waals surface area contributed by atoms with E-state index in [1.54, 1.807) is 0 Å². The van der Waals surface area contributed by atoms with Crippen LogP contribution >= 0.6 is 11.3 Å². The van der Waals surface area contributed by atoms with Crippen molar-refractivity contribution in [2.75, 3.05) is 22.2 Å². The van der Waals surface area contributed by atoms with Gasteiger partial charge in [-0.1, -0.05) is 191 Å². The molecule has 1 N–H and O–H groups in total. The predicted octanol–water partition coefficient (Wildman–Crippen LogP) is 20.7. The van der Waals surface area contributed by atoms with E-state index in [1.165, 1.54) is 58.3 Å². The lowest BCUT2D eigenvalue weighted by atomic mass is 9.94. The zero-order valence-electron chi connectivity index (χ0n) is 43.1. The highest BCUT2D eigenvalue weighted by molar-refractivity contribution is 7.27. The smallest absolute Gasteiger partial charge is 0.0555 e. The number of thiophene rings is 1. The maximum Gasteiger partial charge on any atom is 0.0555 e. The van der Waals surface area contributed by atoms with Crippen molar-refractivity contribution >= 4 is 116 Å². The fraction of sp³-hybridized carbons (Fsp3) is 0.0423. The van der Waals surface area contributed by atoms with Crippen molar-refractivity contribution in [3.05, 3.63) is 279 Å². The third kappa shape index (κ3) is 9.30. The van der Waals surface area contributed by atoms with E-state index in [9.17, 15) is 0 Å². The van der Waals surface area contributed by atoms with Crippen molar-refractivity contribution in [3.8, 4) is 16.8 Å². The molecule has 2 aromatic heterocycles. The molecule has 10 aromatic carbocycles. The molecule has 12 aromatic rings. The third-order valence-electron chi connectivity index (χ3n) is 14.0. The Balaban J connectivity index is 0.000000460. The number of nitrogens with zero attached hydrogens (tertiary/aromatic N) is 3. The van der Waals surface area contributed by atoms with Crippen LogP contribution in [0.1, 0.15) is 30.5 Å². The summed E-state index contributed by atoms with van der Waals surface area (Å²) in [6.45, 7) is 11.4. The van der Waals surface area contributed by atoms with Gasteiger partial charge in [0.25, 0.3) is 0 Å². The second-order valence-corrected chi connectivity index (χ2v) is 19.3. The van der Waals surface area contributed by atoms with Crippen LogP contribution in [0.3, 0.4) is 0 Å². The van der Waals surface area contributed by atoms with Gasteiger partial charge >= 0.3 is 0 Å². The van der Waals surface area contributed by atoms with Crippen LogP contribution in [-0.4, -0.2) is 11.6 Å².